The second-order valence-electron chi connectivity index (χ2n) is 7.72. The molecular formula is C21H27N3O2S2. The van der Waals surface area contributed by atoms with Gasteiger partial charge in [0, 0.05) is 29.9 Å². The van der Waals surface area contributed by atoms with Gasteiger partial charge in [-0.2, -0.15) is 0 Å². The number of nitrogens with zero attached hydrogens (tertiary/aromatic N) is 2. The van der Waals surface area contributed by atoms with E-state index in [1.807, 2.05) is 5.38 Å². The molecular weight excluding hydrogens is 390 g/mol. The third-order valence-corrected chi connectivity index (χ3v) is 6.92. The van der Waals surface area contributed by atoms with Gasteiger partial charge in [-0.05, 0) is 56.4 Å². The van der Waals surface area contributed by atoms with Crippen LogP contribution in [0.5, 0.6) is 0 Å². The second-order valence-corrected chi connectivity index (χ2v) is 9.62. The highest BCUT2D eigenvalue weighted by atomic mass is 32.2. The summed E-state index contributed by atoms with van der Waals surface area (Å²) in [5, 5.41) is 5.66. The Morgan fingerprint density at radius 3 is 2.89 bits per heavy atom. The van der Waals surface area contributed by atoms with E-state index in [4.69, 9.17) is 4.74 Å². The first-order valence-electron chi connectivity index (χ1n) is 9.92. The number of aromatic nitrogens is 1. The van der Waals surface area contributed by atoms with E-state index in [1.165, 1.54) is 46.6 Å². The van der Waals surface area contributed by atoms with E-state index in [-0.39, 0.29) is 18.1 Å². The fourth-order valence-corrected chi connectivity index (χ4v) is 5.50. The molecule has 28 heavy (non-hydrogen) atoms. The zero-order chi connectivity index (χ0) is 19.5. The maximum atomic E-state index is 12.3. The molecule has 1 aliphatic carbocycles. The number of morpholine rings is 1. The number of amides is 1. The summed E-state index contributed by atoms with van der Waals surface area (Å²) in [6.45, 7) is 6.85. The highest BCUT2D eigenvalue weighted by Crippen LogP contribution is 2.28. The lowest BCUT2D eigenvalue weighted by molar-refractivity contribution is -0.113. The average Bonchev–Trinajstić information content (AvgIpc) is 3.28. The predicted molar refractivity (Wildman–Crippen MR) is 115 cm³/mol. The molecule has 150 valence electrons. The molecule has 2 unspecified atom stereocenters. The SMILES string of the molecule is CC1CN(Cc2csc(NC(=O)CSc3ccc4c(c3)CCC4)n2)CC(C)O1. The summed E-state index contributed by atoms with van der Waals surface area (Å²) < 4.78 is 5.78. The highest BCUT2D eigenvalue weighted by molar-refractivity contribution is 8.00. The van der Waals surface area contributed by atoms with Gasteiger partial charge in [0.1, 0.15) is 0 Å². The molecule has 1 aromatic carbocycles. The van der Waals surface area contributed by atoms with E-state index in [0.717, 1.165) is 25.3 Å². The quantitative estimate of drug-likeness (QED) is 0.721. The Kier molecular flexibility index (Phi) is 6.35. The predicted octanol–water partition coefficient (Wildman–Crippen LogP) is 3.97. The average molecular weight is 418 g/mol. The second kappa shape index (κ2) is 8.95. The van der Waals surface area contributed by atoms with Crippen molar-refractivity contribution in [3.05, 3.63) is 40.4 Å². The van der Waals surface area contributed by atoms with Crippen molar-refractivity contribution in [3.8, 4) is 0 Å². The maximum absolute atomic E-state index is 12.3. The third kappa shape index (κ3) is 5.14. The minimum atomic E-state index is 0.0000143. The number of aryl methyl sites for hydroxylation is 2. The fourth-order valence-electron chi connectivity index (χ4n) is 4.02. The number of carbonyl (C=O) groups excluding carboxylic acids is 1. The number of hydrogen-bond donors (Lipinski definition) is 1. The van der Waals surface area contributed by atoms with Crippen LogP contribution in [0.1, 0.15) is 37.1 Å². The molecule has 0 radical (unpaired) electrons. The number of anilines is 1. The van der Waals surface area contributed by atoms with Crippen LogP contribution in [0.25, 0.3) is 0 Å². The molecule has 1 N–H and O–H groups in total. The van der Waals surface area contributed by atoms with Crippen molar-refractivity contribution >= 4 is 34.1 Å². The van der Waals surface area contributed by atoms with Crippen molar-refractivity contribution in [2.45, 2.75) is 56.8 Å². The number of carbonyl (C=O) groups is 1. The summed E-state index contributed by atoms with van der Waals surface area (Å²) in [4.78, 5) is 20.4. The lowest BCUT2D eigenvalue weighted by Gasteiger charge is -2.34. The largest absolute Gasteiger partial charge is 0.373 e. The minimum absolute atomic E-state index is 0.0000143. The molecule has 5 nitrogen and oxygen atoms in total. The molecule has 4 rings (SSSR count). The molecule has 1 amide bonds. The number of hydrogen-bond acceptors (Lipinski definition) is 6. The van der Waals surface area contributed by atoms with Crippen LogP contribution in [-0.2, 0) is 28.9 Å². The number of rotatable bonds is 6. The van der Waals surface area contributed by atoms with Crippen LogP contribution in [0.15, 0.2) is 28.5 Å². The Balaban J connectivity index is 1.26. The topological polar surface area (TPSA) is 54.5 Å². The van der Waals surface area contributed by atoms with Crippen molar-refractivity contribution in [2.75, 3.05) is 24.2 Å². The van der Waals surface area contributed by atoms with Crippen LogP contribution < -0.4 is 5.32 Å². The molecule has 2 aromatic rings. The number of benzene rings is 1. The molecule has 2 aliphatic rings. The zero-order valence-corrected chi connectivity index (χ0v) is 18.1. The molecule has 7 heteroatoms. The summed E-state index contributed by atoms with van der Waals surface area (Å²) in [6, 6.07) is 6.59. The summed E-state index contributed by atoms with van der Waals surface area (Å²) in [7, 11) is 0. The molecule has 2 atom stereocenters. The van der Waals surface area contributed by atoms with Gasteiger partial charge < -0.3 is 10.1 Å². The molecule has 1 saturated heterocycles. The number of ether oxygens (including phenoxy) is 1. The van der Waals surface area contributed by atoms with E-state index in [9.17, 15) is 4.79 Å². The van der Waals surface area contributed by atoms with Crippen LogP contribution in [0.2, 0.25) is 0 Å². The van der Waals surface area contributed by atoms with Gasteiger partial charge in [0.25, 0.3) is 0 Å². The van der Waals surface area contributed by atoms with Crippen LogP contribution in [0.3, 0.4) is 0 Å². The van der Waals surface area contributed by atoms with E-state index < -0.39 is 0 Å². The first kappa shape index (κ1) is 19.9. The van der Waals surface area contributed by atoms with Gasteiger partial charge >= 0.3 is 0 Å². The Morgan fingerprint density at radius 2 is 2.07 bits per heavy atom. The maximum Gasteiger partial charge on any atom is 0.236 e. The van der Waals surface area contributed by atoms with E-state index in [1.54, 1.807) is 11.8 Å². The lowest BCUT2D eigenvalue weighted by atomic mass is 10.1. The Morgan fingerprint density at radius 1 is 1.29 bits per heavy atom. The van der Waals surface area contributed by atoms with Gasteiger partial charge in [-0.15, -0.1) is 23.1 Å². The highest BCUT2D eigenvalue weighted by Gasteiger charge is 2.22. The summed E-state index contributed by atoms with van der Waals surface area (Å²) in [5.41, 5.74) is 3.92. The van der Waals surface area contributed by atoms with Gasteiger partial charge in [-0.25, -0.2) is 4.98 Å². The van der Waals surface area contributed by atoms with Crippen molar-refractivity contribution in [3.63, 3.8) is 0 Å². The smallest absolute Gasteiger partial charge is 0.236 e. The van der Waals surface area contributed by atoms with E-state index in [2.05, 4.69) is 47.2 Å². The number of thioether (sulfide) groups is 1. The number of fused-ring (bicyclic) bond motifs is 1. The Hall–Kier alpha value is -1.41. The molecule has 1 aliphatic heterocycles. The summed E-state index contributed by atoms with van der Waals surface area (Å²) >= 11 is 3.09. The summed E-state index contributed by atoms with van der Waals surface area (Å²) in [5.74, 6) is 0.409. The zero-order valence-electron chi connectivity index (χ0n) is 16.4. The summed E-state index contributed by atoms with van der Waals surface area (Å²) in [6.07, 6.45) is 4.10. The molecule has 0 saturated carbocycles. The minimum Gasteiger partial charge on any atom is -0.373 e. The van der Waals surface area contributed by atoms with Gasteiger partial charge in [-0.1, -0.05) is 6.07 Å². The number of nitrogens with one attached hydrogen (secondary N) is 1. The van der Waals surface area contributed by atoms with E-state index in [0.29, 0.717) is 10.9 Å². The molecule has 1 fully saturated rings. The lowest BCUT2D eigenvalue weighted by Crippen LogP contribution is -2.44. The monoisotopic (exact) mass is 417 g/mol. The third-order valence-electron chi connectivity index (χ3n) is 5.12. The van der Waals surface area contributed by atoms with Crippen LogP contribution in [0.4, 0.5) is 5.13 Å². The van der Waals surface area contributed by atoms with Crippen LogP contribution >= 0.6 is 23.1 Å². The number of thiazole rings is 1. The van der Waals surface area contributed by atoms with Crippen LogP contribution in [0, 0.1) is 0 Å². The van der Waals surface area contributed by atoms with Gasteiger partial charge in [0.15, 0.2) is 5.13 Å². The molecule has 1 aromatic heterocycles. The molecule has 2 heterocycles. The standard InChI is InChI=1S/C21H27N3O2S2/c1-14-9-24(10-15(2)26-14)11-18-12-28-21(22-18)23-20(25)13-27-19-7-6-16-4-3-5-17(16)8-19/h6-8,12,14-15H,3-5,9-11,13H2,1-2H3,(H,22,23,25). The van der Waals surface area contributed by atoms with Gasteiger partial charge in [0.05, 0.1) is 23.7 Å². The van der Waals surface area contributed by atoms with Crippen molar-refractivity contribution < 1.29 is 9.53 Å². The Bertz CT molecular complexity index is 829. The van der Waals surface area contributed by atoms with Crippen molar-refractivity contribution in [1.82, 2.24) is 9.88 Å². The van der Waals surface area contributed by atoms with Crippen LogP contribution in [-0.4, -0.2) is 46.8 Å². The molecule has 0 bridgehead atoms. The fraction of sp³-hybridized carbons (Fsp3) is 0.524. The van der Waals surface area contributed by atoms with E-state index >= 15 is 0 Å². The first-order chi connectivity index (χ1) is 13.5. The van der Waals surface area contributed by atoms with Crippen molar-refractivity contribution in [1.29, 1.82) is 0 Å². The van der Waals surface area contributed by atoms with Gasteiger partial charge in [0.2, 0.25) is 5.91 Å². The molecule has 0 spiro atoms. The normalized spacial score (nSPS) is 22.2. The first-order valence-corrected chi connectivity index (χ1v) is 11.8. The van der Waals surface area contributed by atoms with Crippen molar-refractivity contribution in [2.24, 2.45) is 0 Å². The van der Waals surface area contributed by atoms with Gasteiger partial charge in [-0.3, -0.25) is 9.69 Å². The Labute approximate surface area is 174 Å².